The van der Waals surface area contributed by atoms with Crippen molar-refractivity contribution in [3.8, 4) is 0 Å². The summed E-state index contributed by atoms with van der Waals surface area (Å²) >= 11 is 0. The smallest absolute Gasteiger partial charge is 0.265 e. The lowest BCUT2D eigenvalue weighted by Gasteiger charge is -2.06. The Morgan fingerprint density at radius 2 is 2.13 bits per heavy atom. The van der Waals surface area contributed by atoms with Crippen molar-refractivity contribution in [2.24, 2.45) is 0 Å². The molecular weight excluding hydrogens is 296 g/mol. The fourth-order valence-corrected chi connectivity index (χ4v) is 2.29. The van der Waals surface area contributed by atoms with E-state index in [0.29, 0.717) is 23.4 Å². The van der Waals surface area contributed by atoms with Gasteiger partial charge in [-0.15, -0.1) is 0 Å². The number of nitrogens with one attached hydrogen (secondary N) is 1. The number of aromatic nitrogens is 3. The Morgan fingerprint density at radius 3 is 2.87 bits per heavy atom. The number of pyridine rings is 1. The standard InChI is InChI=1S/C16H16N4O3/c1-10-11(2)23-15-14(10)16(22)20(9-19-15)8-13(21)18-7-12-5-3-4-6-17-12/h3-6,9H,7-8H2,1-2H3,(H,18,21). The minimum atomic E-state index is -0.281. The summed E-state index contributed by atoms with van der Waals surface area (Å²) in [5.41, 5.74) is 1.52. The molecule has 3 aromatic rings. The Balaban J connectivity index is 1.76. The summed E-state index contributed by atoms with van der Waals surface area (Å²) < 4.78 is 6.69. The van der Waals surface area contributed by atoms with Crippen LogP contribution in [0.5, 0.6) is 0 Å². The van der Waals surface area contributed by atoms with Gasteiger partial charge in [-0.25, -0.2) is 4.98 Å². The first-order chi connectivity index (χ1) is 11.1. The van der Waals surface area contributed by atoms with Crippen LogP contribution < -0.4 is 10.9 Å². The molecule has 0 bridgehead atoms. The quantitative estimate of drug-likeness (QED) is 0.784. The van der Waals surface area contributed by atoms with Crippen molar-refractivity contribution < 1.29 is 9.21 Å². The number of nitrogens with zero attached hydrogens (tertiary/aromatic N) is 3. The molecule has 3 aromatic heterocycles. The molecule has 0 fully saturated rings. The number of aryl methyl sites for hydroxylation is 2. The normalized spacial score (nSPS) is 10.9. The summed E-state index contributed by atoms with van der Waals surface area (Å²) in [5.74, 6) is 0.374. The Morgan fingerprint density at radius 1 is 1.30 bits per heavy atom. The van der Waals surface area contributed by atoms with Crippen molar-refractivity contribution in [1.29, 1.82) is 0 Å². The second-order valence-corrected chi connectivity index (χ2v) is 5.24. The van der Waals surface area contributed by atoms with Gasteiger partial charge in [-0.1, -0.05) is 6.07 Å². The van der Waals surface area contributed by atoms with Crippen molar-refractivity contribution in [3.05, 3.63) is 58.1 Å². The third-order valence-electron chi connectivity index (χ3n) is 3.66. The van der Waals surface area contributed by atoms with Gasteiger partial charge in [-0.05, 0) is 26.0 Å². The molecule has 0 aliphatic rings. The molecule has 0 spiro atoms. The number of furan rings is 1. The Kier molecular flexibility index (Phi) is 3.92. The van der Waals surface area contributed by atoms with Gasteiger partial charge in [0.25, 0.3) is 5.56 Å². The SMILES string of the molecule is Cc1oc2ncn(CC(=O)NCc3ccccn3)c(=O)c2c1C. The zero-order valence-corrected chi connectivity index (χ0v) is 12.9. The molecular formula is C16H16N4O3. The molecule has 0 saturated carbocycles. The van der Waals surface area contributed by atoms with E-state index in [2.05, 4.69) is 15.3 Å². The number of fused-ring (bicyclic) bond motifs is 1. The van der Waals surface area contributed by atoms with Gasteiger partial charge in [-0.3, -0.25) is 19.1 Å². The van der Waals surface area contributed by atoms with Crippen LogP contribution in [-0.4, -0.2) is 20.4 Å². The van der Waals surface area contributed by atoms with E-state index in [-0.39, 0.29) is 18.0 Å². The van der Waals surface area contributed by atoms with Crippen LogP contribution in [0.1, 0.15) is 17.0 Å². The number of amides is 1. The summed E-state index contributed by atoms with van der Waals surface area (Å²) in [7, 11) is 0. The molecule has 7 nitrogen and oxygen atoms in total. The summed E-state index contributed by atoms with van der Waals surface area (Å²) in [5, 5.41) is 3.15. The number of hydrogen-bond acceptors (Lipinski definition) is 5. The summed E-state index contributed by atoms with van der Waals surface area (Å²) in [6.07, 6.45) is 2.99. The molecule has 3 rings (SSSR count). The average Bonchev–Trinajstić information content (AvgIpc) is 2.84. The molecule has 0 radical (unpaired) electrons. The van der Waals surface area contributed by atoms with E-state index >= 15 is 0 Å². The highest BCUT2D eigenvalue weighted by Crippen LogP contribution is 2.18. The minimum absolute atomic E-state index is 0.0989. The summed E-state index contributed by atoms with van der Waals surface area (Å²) in [6.45, 7) is 3.79. The second kappa shape index (κ2) is 6.04. The maximum Gasteiger partial charge on any atom is 0.265 e. The van der Waals surface area contributed by atoms with E-state index in [1.165, 1.54) is 10.9 Å². The van der Waals surface area contributed by atoms with Crippen molar-refractivity contribution in [2.75, 3.05) is 0 Å². The van der Waals surface area contributed by atoms with E-state index in [1.807, 2.05) is 12.1 Å². The molecule has 0 unspecified atom stereocenters. The van der Waals surface area contributed by atoms with Crippen molar-refractivity contribution in [2.45, 2.75) is 26.9 Å². The van der Waals surface area contributed by atoms with Crippen LogP contribution in [0.25, 0.3) is 11.1 Å². The maximum absolute atomic E-state index is 12.4. The van der Waals surface area contributed by atoms with E-state index in [9.17, 15) is 9.59 Å². The zero-order chi connectivity index (χ0) is 16.4. The molecule has 3 heterocycles. The molecule has 23 heavy (non-hydrogen) atoms. The van der Waals surface area contributed by atoms with Gasteiger partial charge in [0, 0.05) is 11.8 Å². The lowest BCUT2D eigenvalue weighted by molar-refractivity contribution is -0.121. The fourth-order valence-electron chi connectivity index (χ4n) is 2.29. The van der Waals surface area contributed by atoms with Crippen molar-refractivity contribution in [3.63, 3.8) is 0 Å². The van der Waals surface area contributed by atoms with Crippen molar-refractivity contribution in [1.82, 2.24) is 19.9 Å². The van der Waals surface area contributed by atoms with Crippen LogP contribution in [-0.2, 0) is 17.9 Å². The number of hydrogen-bond donors (Lipinski definition) is 1. The topological polar surface area (TPSA) is 90.0 Å². The van der Waals surface area contributed by atoms with Crippen LogP contribution in [0.2, 0.25) is 0 Å². The highest BCUT2D eigenvalue weighted by molar-refractivity contribution is 5.79. The van der Waals surface area contributed by atoms with E-state index < -0.39 is 0 Å². The van der Waals surface area contributed by atoms with Crippen LogP contribution in [0.4, 0.5) is 0 Å². The van der Waals surface area contributed by atoms with Crippen LogP contribution in [0.15, 0.2) is 39.9 Å². The molecule has 1 amide bonds. The molecule has 0 aliphatic heterocycles. The first kappa shape index (κ1) is 15.0. The van der Waals surface area contributed by atoms with Gasteiger partial charge in [0.1, 0.15) is 24.0 Å². The minimum Gasteiger partial charge on any atom is -0.443 e. The molecule has 0 saturated heterocycles. The van der Waals surface area contributed by atoms with E-state index in [0.717, 1.165) is 11.3 Å². The first-order valence-electron chi connectivity index (χ1n) is 7.18. The fraction of sp³-hybridized carbons (Fsp3) is 0.250. The van der Waals surface area contributed by atoms with Gasteiger partial charge in [0.05, 0.1) is 12.2 Å². The molecule has 7 heteroatoms. The predicted octanol–water partition coefficient (Wildman–Crippen LogP) is 1.32. The van der Waals surface area contributed by atoms with Crippen molar-refractivity contribution >= 4 is 17.0 Å². The van der Waals surface area contributed by atoms with E-state index in [4.69, 9.17) is 4.42 Å². The second-order valence-electron chi connectivity index (χ2n) is 5.24. The van der Waals surface area contributed by atoms with Gasteiger partial charge in [-0.2, -0.15) is 0 Å². The van der Waals surface area contributed by atoms with Crippen LogP contribution in [0.3, 0.4) is 0 Å². The lowest BCUT2D eigenvalue weighted by Crippen LogP contribution is -2.32. The Hall–Kier alpha value is -2.96. The van der Waals surface area contributed by atoms with Gasteiger partial charge in [0.2, 0.25) is 11.6 Å². The summed E-state index contributed by atoms with van der Waals surface area (Å²) in [4.78, 5) is 32.7. The monoisotopic (exact) mass is 312 g/mol. The van der Waals surface area contributed by atoms with Gasteiger partial charge < -0.3 is 9.73 Å². The largest absolute Gasteiger partial charge is 0.443 e. The molecule has 0 aliphatic carbocycles. The van der Waals surface area contributed by atoms with Crippen LogP contribution >= 0.6 is 0 Å². The molecule has 0 atom stereocenters. The third-order valence-corrected chi connectivity index (χ3v) is 3.66. The van der Waals surface area contributed by atoms with Gasteiger partial charge in [0.15, 0.2) is 0 Å². The van der Waals surface area contributed by atoms with Gasteiger partial charge >= 0.3 is 0 Å². The molecule has 118 valence electrons. The van der Waals surface area contributed by atoms with E-state index in [1.54, 1.807) is 26.1 Å². The third kappa shape index (κ3) is 2.98. The Bertz CT molecular complexity index is 912. The summed E-state index contributed by atoms with van der Waals surface area (Å²) in [6, 6.07) is 5.47. The molecule has 0 aromatic carbocycles. The highest BCUT2D eigenvalue weighted by Gasteiger charge is 2.15. The average molecular weight is 312 g/mol. The number of rotatable bonds is 4. The lowest BCUT2D eigenvalue weighted by atomic mass is 10.2. The predicted molar refractivity (Wildman–Crippen MR) is 83.8 cm³/mol. The van der Waals surface area contributed by atoms with Crippen LogP contribution in [0, 0.1) is 13.8 Å². The number of carbonyl (C=O) groups excluding carboxylic acids is 1. The Labute approximate surface area is 132 Å². The molecule has 1 N–H and O–H groups in total. The number of carbonyl (C=O) groups is 1. The zero-order valence-electron chi connectivity index (χ0n) is 12.9. The maximum atomic E-state index is 12.4. The first-order valence-corrected chi connectivity index (χ1v) is 7.18. The highest BCUT2D eigenvalue weighted by atomic mass is 16.3.